The number of hydrogen-bond donors (Lipinski definition) is 2. The van der Waals surface area contributed by atoms with Gasteiger partial charge in [0.05, 0.1) is 12.8 Å². The highest BCUT2D eigenvalue weighted by Gasteiger charge is 2.34. The average molecular weight is 311 g/mol. The Morgan fingerprint density at radius 2 is 1.95 bits per heavy atom. The minimum atomic E-state index is -2.63. The van der Waals surface area contributed by atoms with Gasteiger partial charge in [0.2, 0.25) is 5.96 Å². The van der Waals surface area contributed by atoms with Gasteiger partial charge in [-0.15, -0.1) is 0 Å². The van der Waals surface area contributed by atoms with E-state index in [0.717, 1.165) is 0 Å². The SMILES string of the molecule is COc1cccc(N=C(N)N=C(N)N2CCC(F)(F)CC2)c1. The second kappa shape index (κ2) is 6.59. The third-order valence-corrected chi connectivity index (χ3v) is 3.35. The Labute approximate surface area is 127 Å². The fourth-order valence-corrected chi connectivity index (χ4v) is 2.09. The molecular weight excluding hydrogens is 292 g/mol. The Bertz CT molecular complexity index is 578. The van der Waals surface area contributed by atoms with E-state index in [1.54, 1.807) is 36.3 Å². The van der Waals surface area contributed by atoms with Crippen molar-refractivity contribution in [3.8, 4) is 5.75 Å². The van der Waals surface area contributed by atoms with Crippen molar-refractivity contribution in [3.05, 3.63) is 24.3 Å². The number of ether oxygens (including phenoxy) is 1. The molecule has 1 aromatic rings. The first-order valence-electron chi connectivity index (χ1n) is 6.85. The highest BCUT2D eigenvalue weighted by Crippen LogP contribution is 2.27. The topological polar surface area (TPSA) is 89.2 Å². The van der Waals surface area contributed by atoms with Gasteiger partial charge in [-0.3, -0.25) is 0 Å². The number of methoxy groups -OCH3 is 1. The van der Waals surface area contributed by atoms with Gasteiger partial charge in [0.1, 0.15) is 5.75 Å². The van der Waals surface area contributed by atoms with Crippen molar-refractivity contribution in [1.82, 2.24) is 4.90 Å². The summed E-state index contributed by atoms with van der Waals surface area (Å²) in [4.78, 5) is 9.64. The number of guanidine groups is 2. The third kappa shape index (κ3) is 4.31. The largest absolute Gasteiger partial charge is 0.497 e. The summed E-state index contributed by atoms with van der Waals surface area (Å²) in [5, 5.41) is 0. The summed E-state index contributed by atoms with van der Waals surface area (Å²) in [5.74, 6) is -1.93. The van der Waals surface area contributed by atoms with E-state index in [9.17, 15) is 8.78 Å². The number of nitrogens with zero attached hydrogens (tertiary/aromatic N) is 3. The molecule has 8 heteroatoms. The van der Waals surface area contributed by atoms with Gasteiger partial charge in [0.15, 0.2) is 5.96 Å². The molecular formula is C14H19F2N5O. The molecule has 0 atom stereocenters. The molecule has 1 aromatic carbocycles. The molecule has 6 nitrogen and oxygen atoms in total. The zero-order valence-electron chi connectivity index (χ0n) is 12.3. The van der Waals surface area contributed by atoms with Crippen LogP contribution in [0, 0.1) is 0 Å². The van der Waals surface area contributed by atoms with E-state index in [0.29, 0.717) is 11.4 Å². The van der Waals surface area contributed by atoms with Crippen molar-refractivity contribution >= 4 is 17.6 Å². The predicted molar refractivity (Wildman–Crippen MR) is 81.7 cm³/mol. The lowest BCUT2D eigenvalue weighted by Crippen LogP contribution is -2.46. The van der Waals surface area contributed by atoms with Crippen LogP contribution in [-0.2, 0) is 0 Å². The van der Waals surface area contributed by atoms with Crippen molar-refractivity contribution in [2.45, 2.75) is 18.8 Å². The number of benzene rings is 1. The van der Waals surface area contributed by atoms with Gasteiger partial charge in [-0.25, -0.2) is 13.8 Å². The predicted octanol–water partition coefficient (Wildman–Crippen LogP) is 1.69. The van der Waals surface area contributed by atoms with E-state index in [1.165, 1.54) is 0 Å². The molecule has 1 aliphatic rings. The van der Waals surface area contributed by atoms with E-state index in [4.69, 9.17) is 16.2 Å². The van der Waals surface area contributed by atoms with Crippen molar-refractivity contribution in [2.24, 2.45) is 21.5 Å². The van der Waals surface area contributed by atoms with E-state index in [-0.39, 0.29) is 37.9 Å². The fraction of sp³-hybridized carbons (Fsp3) is 0.429. The van der Waals surface area contributed by atoms with Gasteiger partial charge in [-0.1, -0.05) is 6.07 Å². The first kappa shape index (κ1) is 16.0. The number of nitrogens with two attached hydrogens (primary N) is 2. The average Bonchev–Trinajstić information content (AvgIpc) is 2.47. The van der Waals surface area contributed by atoms with Gasteiger partial charge in [0.25, 0.3) is 5.92 Å². The molecule has 0 aromatic heterocycles. The van der Waals surface area contributed by atoms with E-state index in [2.05, 4.69) is 9.98 Å². The molecule has 0 spiro atoms. The lowest BCUT2D eigenvalue weighted by Gasteiger charge is -2.32. The van der Waals surface area contributed by atoms with Gasteiger partial charge < -0.3 is 21.1 Å². The maximum atomic E-state index is 13.1. The number of likely N-dealkylation sites (tertiary alicyclic amines) is 1. The van der Waals surface area contributed by atoms with Crippen LogP contribution in [0.1, 0.15) is 12.8 Å². The highest BCUT2D eigenvalue weighted by molar-refractivity contribution is 5.94. The number of hydrogen-bond acceptors (Lipinski definition) is 2. The van der Waals surface area contributed by atoms with Crippen LogP contribution >= 0.6 is 0 Å². The maximum Gasteiger partial charge on any atom is 0.251 e. The van der Waals surface area contributed by atoms with Gasteiger partial charge in [-0.05, 0) is 12.1 Å². The summed E-state index contributed by atoms with van der Waals surface area (Å²) in [7, 11) is 1.55. The number of alkyl halides is 2. The third-order valence-electron chi connectivity index (χ3n) is 3.35. The number of rotatable bonds is 2. The van der Waals surface area contributed by atoms with Gasteiger partial charge >= 0.3 is 0 Å². The van der Waals surface area contributed by atoms with Gasteiger partial charge in [-0.2, -0.15) is 4.99 Å². The van der Waals surface area contributed by atoms with Crippen molar-refractivity contribution in [1.29, 1.82) is 0 Å². The molecule has 2 rings (SSSR count). The van der Waals surface area contributed by atoms with E-state index < -0.39 is 5.92 Å². The molecule has 1 saturated heterocycles. The molecule has 0 unspecified atom stereocenters. The highest BCUT2D eigenvalue weighted by atomic mass is 19.3. The number of aliphatic imine (C=N–C) groups is 2. The molecule has 1 aliphatic heterocycles. The Hall–Kier alpha value is -2.38. The number of piperidine rings is 1. The summed E-state index contributed by atoms with van der Waals surface area (Å²) < 4.78 is 31.3. The standard InChI is InChI=1S/C14H19F2N5O/c1-22-11-4-2-3-10(9-11)19-12(17)20-13(18)21-7-5-14(15,16)6-8-21/h2-4,9H,5-8H2,1H3,(H4,17,18,19,20). The second-order valence-corrected chi connectivity index (χ2v) is 4.98. The van der Waals surface area contributed by atoms with Crippen molar-refractivity contribution in [3.63, 3.8) is 0 Å². The van der Waals surface area contributed by atoms with Crippen LogP contribution in [0.2, 0.25) is 0 Å². The molecule has 1 fully saturated rings. The lowest BCUT2D eigenvalue weighted by molar-refractivity contribution is -0.0435. The monoisotopic (exact) mass is 311 g/mol. The van der Waals surface area contributed by atoms with E-state index >= 15 is 0 Å². The zero-order valence-corrected chi connectivity index (χ0v) is 12.3. The zero-order chi connectivity index (χ0) is 16.2. The molecule has 22 heavy (non-hydrogen) atoms. The second-order valence-electron chi connectivity index (χ2n) is 4.98. The van der Waals surface area contributed by atoms with Gasteiger partial charge in [0, 0.05) is 32.0 Å². The molecule has 0 aliphatic carbocycles. The minimum Gasteiger partial charge on any atom is -0.497 e. The Kier molecular flexibility index (Phi) is 4.79. The van der Waals surface area contributed by atoms with Crippen LogP contribution in [0.15, 0.2) is 34.3 Å². The lowest BCUT2D eigenvalue weighted by atomic mass is 10.1. The molecule has 0 bridgehead atoms. The molecule has 0 amide bonds. The quantitative estimate of drug-likeness (QED) is 0.642. The summed E-state index contributed by atoms with van der Waals surface area (Å²) in [5.41, 5.74) is 12.1. The van der Waals surface area contributed by atoms with Crippen molar-refractivity contribution in [2.75, 3.05) is 20.2 Å². The maximum absolute atomic E-state index is 13.1. The van der Waals surface area contributed by atoms with Crippen LogP contribution < -0.4 is 16.2 Å². The van der Waals surface area contributed by atoms with Crippen LogP contribution in [0.5, 0.6) is 5.75 Å². The first-order chi connectivity index (χ1) is 10.4. The van der Waals surface area contributed by atoms with E-state index in [1.807, 2.05) is 0 Å². The summed E-state index contributed by atoms with van der Waals surface area (Å²) in [6, 6.07) is 6.98. The Morgan fingerprint density at radius 3 is 2.59 bits per heavy atom. The first-order valence-corrected chi connectivity index (χ1v) is 6.85. The van der Waals surface area contributed by atoms with Crippen LogP contribution in [-0.4, -0.2) is 42.9 Å². The Morgan fingerprint density at radius 1 is 1.27 bits per heavy atom. The molecule has 0 saturated carbocycles. The molecule has 1 heterocycles. The van der Waals surface area contributed by atoms with Crippen molar-refractivity contribution < 1.29 is 13.5 Å². The normalized spacial score (nSPS) is 19.1. The van der Waals surface area contributed by atoms with Crippen LogP contribution in [0.25, 0.3) is 0 Å². The summed E-state index contributed by atoms with van der Waals surface area (Å²) >= 11 is 0. The molecule has 0 radical (unpaired) electrons. The smallest absolute Gasteiger partial charge is 0.251 e. The summed E-state index contributed by atoms with van der Waals surface area (Å²) in [6.07, 6.45) is -0.480. The summed E-state index contributed by atoms with van der Waals surface area (Å²) in [6.45, 7) is 0.295. The molecule has 4 N–H and O–H groups in total. The number of halogens is 2. The fourth-order valence-electron chi connectivity index (χ4n) is 2.09. The Balaban J connectivity index is 2.05. The molecule has 120 valence electrons. The van der Waals surface area contributed by atoms with Crippen LogP contribution in [0.3, 0.4) is 0 Å². The minimum absolute atomic E-state index is 0.0388. The van der Waals surface area contributed by atoms with Crippen LogP contribution in [0.4, 0.5) is 14.5 Å².